The summed E-state index contributed by atoms with van der Waals surface area (Å²) >= 11 is 0. The molecule has 25 heavy (non-hydrogen) atoms. The maximum Gasteiger partial charge on any atom is 0.306 e. The van der Waals surface area contributed by atoms with Gasteiger partial charge in [-0.15, -0.1) is 0 Å². The molecule has 6 nitrogen and oxygen atoms in total. The van der Waals surface area contributed by atoms with Gasteiger partial charge < -0.3 is 14.6 Å². The molecule has 1 N–H and O–H groups in total. The van der Waals surface area contributed by atoms with E-state index in [2.05, 4.69) is 28.8 Å². The van der Waals surface area contributed by atoms with Crippen molar-refractivity contribution in [3.05, 3.63) is 29.6 Å². The highest BCUT2D eigenvalue weighted by molar-refractivity contribution is 5.83. The Balaban J connectivity index is 1.71. The first-order chi connectivity index (χ1) is 12.0. The van der Waals surface area contributed by atoms with Gasteiger partial charge in [0.1, 0.15) is 5.82 Å². The number of aryl methyl sites for hydroxylation is 1. The van der Waals surface area contributed by atoms with Crippen LogP contribution >= 0.6 is 0 Å². The van der Waals surface area contributed by atoms with E-state index >= 15 is 0 Å². The molecule has 1 saturated heterocycles. The molecule has 6 heteroatoms. The maximum absolute atomic E-state index is 12.6. The van der Waals surface area contributed by atoms with E-state index in [4.69, 9.17) is 4.98 Å². The van der Waals surface area contributed by atoms with Gasteiger partial charge in [-0.2, -0.15) is 0 Å². The smallest absolute Gasteiger partial charge is 0.306 e. The van der Waals surface area contributed by atoms with Crippen molar-refractivity contribution in [3.8, 4) is 0 Å². The number of imidazole rings is 1. The lowest BCUT2D eigenvalue weighted by atomic mass is 9.95. The molecule has 1 aromatic heterocycles. The molecule has 2 atom stereocenters. The van der Waals surface area contributed by atoms with Crippen LogP contribution in [0.4, 0.5) is 0 Å². The summed E-state index contributed by atoms with van der Waals surface area (Å²) in [4.78, 5) is 34.0. The molecule has 0 spiro atoms. The van der Waals surface area contributed by atoms with E-state index in [1.54, 1.807) is 6.92 Å². The Morgan fingerprint density at radius 2 is 2.24 bits per heavy atom. The first-order valence-corrected chi connectivity index (χ1v) is 8.79. The molecular weight excluding hydrogens is 318 g/mol. The average molecular weight is 343 g/mol. The predicted octanol–water partition coefficient (Wildman–Crippen LogP) is 2.78. The van der Waals surface area contributed by atoms with Gasteiger partial charge in [0.15, 0.2) is 0 Å². The third-order valence-corrected chi connectivity index (χ3v) is 4.90. The lowest BCUT2D eigenvalue weighted by Gasteiger charge is -2.33. The number of hydrogen-bond donors (Lipinski definition) is 1. The van der Waals surface area contributed by atoms with Crippen LogP contribution in [0.25, 0.3) is 11.0 Å². The molecule has 3 rings (SSSR count). The highest BCUT2D eigenvalue weighted by Crippen LogP contribution is 2.28. The van der Waals surface area contributed by atoms with Crippen LogP contribution in [0.15, 0.2) is 18.2 Å². The van der Waals surface area contributed by atoms with Crippen molar-refractivity contribution in [2.24, 2.45) is 5.92 Å². The number of benzene rings is 1. The van der Waals surface area contributed by atoms with Crippen molar-refractivity contribution in [2.75, 3.05) is 20.2 Å². The monoisotopic (exact) mass is 343 g/mol. The molecule has 1 aliphatic rings. The number of piperidine rings is 1. The number of aromatic amines is 1. The quantitative estimate of drug-likeness (QED) is 0.866. The summed E-state index contributed by atoms with van der Waals surface area (Å²) in [6.45, 7) is 5.22. The van der Waals surface area contributed by atoms with E-state index < -0.39 is 0 Å². The number of methoxy groups -OCH3 is 1. The van der Waals surface area contributed by atoms with Crippen LogP contribution in [0.5, 0.6) is 0 Å². The molecule has 2 aromatic rings. The van der Waals surface area contributed by atoms with Gasteiger partial charge in [0, 0.05) is 24.9 Å². The van der Waals surface area contributed by atoms with Crippen molar-refractivity contribution in [1.29, 1.82) is 0 Å². The van der Waals surface area contributed by atoms with Crippen LogP contribution in [0.3, 0.4) is 0 Å². The molecule has 0 saturated carbocycles. The Hall–Kier alpha value is -2.37. The highest BCUT2D eigenvalue weighted by atomic mass is 16.5. The normalized spacial score (nSPS) is 19.0. The number of carbonyl (C=O) groups excluding carboxylic acids is 2. The number of carbonyl (C=O) groups is 2. The van der Waals surface area contributed by atoms with Gasteiger partial charge in [-0.1, -0.05) is 13.0 Å². The number of hydrogen-bond acceptors (Lipinski definition) is 4. The van der Waals surface area contributed by atoms with Crippen LogP contribution in [0.1, 0.15) is 43.5 Å². The maximum atomic E-state index is 12.6. The third kappa shape index (κ3) is 3.83. The number of rotatable bonds is 4. The number of nitrogens with one attached hydrogen (secondary N) is 1. The summed E-state index contributed by atoms with van der Waals surface area (Å²) in [6.07, 6.45) is 2.08. The summed E-state index contributed by atoms with van der Waals surface area (Å²) in [5, 5.41) is 0. The summed E-state index contributed by atoms with van der Waals surface area (Å²) in [5.74, 6) is 0.461. The molecule has 1 aliphatic heterocycles. The standard InChI is InChI=1S/C19H25N3O3/c1-12-6-7-15-16(9-12)21-18(20-15)14-5-4-8-22(11-14)19(24)13(2)10-17(23)25-3/h6-7,9,13-14H,4-5,8,10-11H2,1-3H3,(H,20,21)/t13-,14+/m0/s1. The SMILES string of the molecule is COC(=O)C[C@H](C)C(=O)N1CCC[C@@H](c2nc3ccc(C)cc3[nH]2)C1. The fourth-order valence-corrected chi connectivity index (χ4v) is 3.47. The lowest BCUT2D eigenvalue weighted by Crippen LogP contribution is -2.42. The Morgan fingerprint density at radius 3 is 3.00 bits per heavy atom. The number of aromatic nitrogens is 2. The summed E-state index contributed by atoms with van der Waals surface area (Å²) in [5.41, 5.74) is 3.19. The number of esters is 1. The molecular formula is C19H25N3O3. The van der Waals surface area contributed by atoms with Gasteiger partial charge in [-0.3, -0.25) is 9.59 Å². The minimum atomic E-state index is -0.357. The topological polar surface area (TPSA) is 75.3 Å². The zero-order valence-corrected chi connectivity index (χ0v) is 15.0. The second kappa shape index (κ2) is 7.25. The minimum Gasteiger partial charge on any atom is -0.469 e. The van der Waals surface area contributed by atoms with Crippen molar-refractivity contribution in [2.45, 2.75) is 39.0 Å². The summed E-state index contributed by atoms with van der Waals surface area (Å²) in [6, 6.07) is 6.17. The van der Waals surface area contributed by atoms with E-state index in [1.807, 2.05) is 11.0 Å². The fraction of sp³-hybridized carbons (Fsp3) is 0.526. The number of amides is 1. The van der Waals surface area contributed by atoms with E-state index in [1.165, 1.54) is 12.7 Å². The van der Waals surface area contributed by atoms with Gasteiger partial charge in [-0.25, -0.2) is 4.98 Å². The van der Waals surface area contributed by atoms with E-state index in [0.29, 0.717) is 6.54 Å². The molecule has 0 radical (unpaired) electrons. The summed E-state index contributed by atoms with van der Waals surface area (Å²) in [7, 11) is 1.35. The fourth-order valence-electron chi connectivity index (χ4n) is 3.47. The van der Waals surface area contributed by atoms with E-state index in [-0.39, 0.29) is 30.1 Å². The van der Waals surface area contributed by atoms with Crippen LogP contribution in [0.2, 0.25) is 0 Å². The van der Waals surface area contributed by atoms with Crippen molar-refractivity contribution >= 4 is 22.9 Å². The first-order valence-electron chi connectivity index (χ1n) is 8.79. The van der Waals surface area contributed by atoms with Crippen LogP contribution in [-0.2, 0) is 14.3 Å². The van der Waals surface area contributed by atoms with Gasteiger partial charge in [-0.05, 0) is 37.5 Å². The van der Waals surface area contributed by atoms with Gasteiger partial charge in [0.2, 0.25) is 5.91 Å². The number of fused-ring (bicyclic) bond motifs is 1. The molecule has 1 aromatic carbocycles. The van der Waals surface area contributed by atoms with Crippen LogP contribution in [-0.4, -0.2) is 46.9 Å². The number of ether oxygens (including phenoxy) is 1. The molecule has 1 amide bonds. The average Bonchev–Trinajstić information content (AvgIpc) is 3.04. The van der Waals surface area contributed by atoms with Crippen LogP contribution in [0, 0.1) is 12.8 Å². The second-order valence-electron chi connectivity index (χ2n) is 6.95. The van der Waals surface area contributed by atoms with E-state index in [0.717, 1.165) is 36.2 Å². The zero-order valence-electron chi connectivity index (χ0n) is 15.0. The van der Waals surface area contributed by atoms with Gasteiger partial charge in [0.25, 0.3) is 0 Å². The highest BCUT2D eigenvalue weighted by Gasteiger charge is 2.30. The summed E-state index contributed by atoms with van der Waals surface area (Å²) < 4.78 is 4.67. The van der Waals surface area contributed by atoms with Crippen molar-refractivity contribution in [3.63, 3.8) is 0 Å². The molecule has 0 unspecified atom stereocenters. The Kier molecular flexibility index (Phi) is 5.06. The molecule has 1 fully saturated rings. The first kappa shape index (κ1) is 17.5. The van der Waals surface area contributed by atoms with Crippen molar-refractivity contribution in [1.82, 2.24) is 14.9 Å². The van der Waals surface area contributed by atoms with E-state index in [9.17, 15) is 9.59 Å². The second-order valence-corrected chi connectivity index (χ2v) is 6.95. The largest absolute Gasteiger partial charge is 0.469 e. The number of nitrogens with zero attached hydrogens (tertiary/aromatic N) is 2. The lowest BCUT2D eigenvalue weighted by molar-refractivity contribution is -0.146. The zero-order chi connectivity index (χ0) is 18.0. The Bertz CT molecular complexity index is 783. The predicted molar refractivity (Wildman–Crippen MR) is 95.2 cm³/mol. The molecule has 134 valence electrons. The molecule has 0 aliphatic carbocycles. The molecule has 0 bridgehead atoms. The van der Waals surface area contributed by atoms with Crippen molar-refractivity contribution < 1.29 is 14.3 Å². The minimum absolute atomic E-state index is 0.0158. The Labute approximate surface area is 147 Å². The third-order valence-electron chi connectivity index (χ3n) is 4.90. The molecule has 2 heterocycles. The van der Waals surface area contributed by atoms with Crippen LogP contribution < -0.4 is 0 Å². The Morgan fingerprint density at radius 1 is 1.44 bits per heavy atom. The number of H-pyrrole nitrogens is 1. The van der Waals surface area contributed by atoms with Gasteiger partial charge in [0.05, 0.1) is 24.6 Å². The van der Waals surface area contributed by atoms with Gasteiger partial charge >= 0.3 is 5.97 Å². The number of likely N-dealkylation sites (tertiary alicyclic amines) is 1.